The topological polar surface area (TPSA) is 52.7 Å². The second kappa shape index (κ2) is 7.35. The van der Waals surface area contributed by atoms with Gasteiger partial charge in [0.05, 0.1) is 5.69 Å². The molecule has 140 valence electrons. The highest BCUT2D eigenvalue weighted by Gasteiger charge is 2.38. The Balaban J connectivity index is 1.48. The van der Waals surface area contributed by atoms with E-state index in [9.17, 15) is 9.59 Å². The molecule has 2 heterocycles. The van der Waals surface area contributed by atoms with Gasteiger partial charge in [-0.2, -0.15) is 0 Å². The molecular formula is C21H22BrN3O2. The van der Waals surface area contributed by atoms with Crippen LogP contribution in [0.1, 0.15) is 18.9 Å². The van der Waals surface area contributed by atoms with Crippen molar-refractivity contribution in [3.63, 3.8) is 0 Å². The van der Waals surface area contributed by atoms with Gasteiger partial charge in [0.1, 0.15) is 5.92 Å². The van der Waals surface area contributed by atoms with Crippen molar-refractivity contribution < 1.29 is 9.59 Å². The van der Waals surface area contributed by atoms with Gasteiger partial charge in [0, 0.05) is 35.5 Å². The molecule has 1 saturated heterocycles. The van der Waals surface area contributed by atoms with Crippen LogP contribution in [0.15, 0.2) is 46.9 Å². The molecule has 1 unspecified atom stereocenters. The molecule has 1 atom stereocenters. The number of benzene rings is 2. The molecule has 0 bridgehead atoms. The van der Waals surface area contributed by atoms with Crippen molar-refractivity contribution in [1.82, 2.24) is 0 Å². The van der Waals surface area contributed by atoms with Crippen LogP contribution in [0, 0.1) is 5.92 Å². The predicted molar refractivity (Wildman–Crippen MR) is 111 cm³/mol. The van der Waals surface area contributed by atoms with Gasteiger partial charge in [0.25, 0.3) is 0 Å². The van der Waals surface area contributed by atoms with Gasteiger partial charge in [0.2, 0.25) is 11.8 Å². The summed E-state index contributed by atoms with van der Waals surface area (Å²) in [7, 11) is 0. The van der Waals surface area contributed by atoms with Crippen LogP contribution in [-0.2, 0) is 16.0 Å². The van der Waals surface area contributed by atoms with Gasteiger partial charge < -0.3 is 15.1 Å². The first-order chi connectivity index (χ1) is 13.1. The van der Waals surface area contributed by atoms with Crippen LogP contribution in [0.2, 0.25) is 0 Å². The van der Waals surface area contributed by atoms with E-state index in [0.717, 1.165) is 35.4 Å². The lowest BCUT2D eigenvalue weighted by atomic mass is 10.1. The molecule has 0 radical (unpaired) electrons. The summed E-state index contributed by atoms with van der Waals surface area (Å²) in [6.07, 6.45) is 1.57. The quantitative estimate of drug-likeness (QED) is 0.754. The molecule has 2 aliphatic heterocycles. The molecule has 5 nitrogen and oxygen atoms in total. The first kappa shape index (κ1) is 18.0. The zero-order valence-electron chi connectivity index (χ0n) is 15.2. The standard InChI is InChI=1S/C21H22BrN3O2/c1-2-24-11-9-14-7-8-15(13-19(14)24)23-20(26)16-10-12-25(21(16)27)18-6-4-3-5-17(18)22/h3-8,13,16H,2,9-12H2,1H3,(H,23,26). The number of para-hydroxylation sites is 1. The average molecular weight is 428 g/mol. The molecule has 2 aliphatic rings. The minimum atomic E-state index is -0.646. The summed E-state index contributed by atoms with van der Waals surface area (Å²) >= 11 is 3.49. The van der Waals surface area contributed by atoms with Crippen LogP contribution >= 0.6 is 15.9 Å². The van der Waals surface area contributed by atoms with Crippen LogP contribution in [0.3, 0.4) is 0 Å². The molecule has 2 aromatic carbocycles. The van der Waals surface area contributed by atoms with E-state index in [4.69, 9.17) is 0 Å². The number of nitrogens with one attached hydrogen (secondary N) is 1. The Hall–Kier alpha value is -2.34. The first-order valence-corrected chi connectivity index (χ1v) is 10.1. The van der Waals surface area contributed by atoms with Gasteiger partial charge in [-0.15, -0.1) is 0 Å². The summed E-state index contributed by atoms with van der Waals surface area (Å²) in [4.78, 5) is 29.6. The summed E-state index contributed by atoms with van der Waals surface area (Å²) in [5.41, 5.74) is 4.06. The van der Waals surface area contributed by atoms with Gasteiger partial charge in [0.15, 0.2) is 0 Å². The van der Waals surface area contributed by atoms with Crippen molar-refractivity contribution in [3.8, 4) is 0 Å². The molecule has 2 amide bonds. The molecule has 0 aromatic heterocycles. The van der Waals surface area contributed by atoms with Crippen LogP contribution < -0.4 is 15.1 Å². The fraction of sp³-hybridized carbons (Fsp3) is 0.333. The summed E-state index contributed by atoms with van der Waals surface area (Å²) in [6, 6.07) is 13.6. The Labute approximate surface area is 167 Å². The number of amides is 2. The second-order valence-corrected chi connectivity index (χ2v) is 7.80. The lowest BCUT2D eigenvalue weighted by Crippen LogP contribution is -2.33. The van der Waals surface area contributed by atoms with Crippen molar-refractivity contribution in [2.24, 2.45) is 5.92 Å². The van der Waals surface area contributed by atoms with Gasteiger partial charge in [-0.3, -0.25) is 9.59 Å². The monoisotopic (exact) mass is 427 g/mol. The van der Waals surface area contributed by atoms with Crippen LogP contribution in [0.4, 0.5) is 17.1 Å². The largest absolute Gasteiger partial charge is 0.371 e. The van der Waals surface area contributed by atoms with Gasteiger partial charge >= 0.3 is 0 Å². The Morgan fingerprint density at radius 1 is 1.19 bits per heavy atom. The minimum Gasteiger partial charge on any atom is -0.371 e. The Morgan fingerprint density at radius 2 is 2.00 bits per heavy atom. The second-order valence-electron chi connectivity index (χ2n) is 6.94. The van der Waals surface area contributed by atoms with E-state index in [2.05, 4.69) is 39.1 Å². The van der Waals surface area contributed by atoms with E-state index in [0.29, 0.717) is 13.0 Å². The normalized spacial score (nSPS) is 18.7. The van der Waals surface area contributed by atoms with Gasteiger partial charge in [-0.1, -0.05) is 18.2 Å². The van der Waals surface area contributed by atoms with E-state index >= 15 is 0 Å². The first-order valence-electron chi connectivity index (χ1n) is 9.33. The highest BCUT2D eigenvalue weighted by atomic mass is 79.9. The van der Waals surface area contributed by atoms with E-state index in [1.54, 1.807) is 4.90 Å². The van der Waals surface area contributed by atoms with Crippen LogP contribution in [0.5, 0.6) is 0 Å². The van der Waals surface area contributed by atoms with Crippen LogP contribution in [0.25, 0.3) is 0 Å². The number of likely N-dealkylation sites (N-methyl/N-ethyl adjacent to an activating group) is 1. The number of halogens is 1. The smallest absolute Gasteiger partial charge is 0.239 e. The highest BCUT2D eigenvalue weighted by Crippen LogP contribution is 2.33. The number of rotatable bonds is 4. The van der Waals surface area contributed by atoms with Crippen molar-refractivity contribution in [1.29, 1.82) is 0 Å². The lowest BCUT2D eigenvalue weighted by molar-refractivity contribution is -0.129. The zero-order valence-corrected chi connectivity index (χ0v) is 16.8. The van der Waals surface area contributed by atoms with E-state index < -0.39 is 5.92 Å². The van der Waals surface area contributed by atoms with Crippen LogP contribution in [-0.4, -0.2) is 31.4 Å². The maximum atomic E-state index is 12.8. The predicted octanol–water partition coefficient (Wildman–Crippen LogP) is 3.82. The Kier molecular flexibility index (Phi) is 4.91. The fourth-order valence-corrected chi connectivity index (χ4v) is 4.41. The lowest BCUT2D eigenvalue weighted by Gasteiger charge is -2.19. The van der Waals surface area contributed by atoms with Crippen molar-refractivity contribution in [2.75, 3.05) is 34.8 Å². The third-order valence-corrected chi connectivity index (χ3v) is 6.06. The van der Waals surface area contributed by atoms with E-state index in [-0.39, 0.29) is 11.8 Å². The SMILES string of the molecule is CCN1CCc2ccc(NC(=O)C3CCN(c4ccccc4Br)C3=O)cc21. The van der Waals surface area contributed by atoms with Crippen molar-refractivity contribution in [3.05, 3.63) is 52.5 Å². The highest BCUT2D eigenvalue weighted by molar-refractivity contribution is 9.10. The van der Waals surface area contributed by atoms with E-state index in [1.165, 1.54) is 11.3 Å². The summed E-state index contributed by atoms with van der Waals surface area (Å²) in [6.45, 7) is 4.65. The van der Waals surface area contributed by atoms with Crippen molar-refractivity contribution in [2.45, 2.75) is 19.8 Å². The summed E-state index contributed by atoms with van der Waals surface area (Å²) in [5.74, 6) is -1.01. The maximum Gasteiger partial charge on any atom is 0.239 e. The summed E-state index contributed by atoms with van der Waals surface area (Å²) in [5, 5.41) is 2.95. The molecule has 27 heavy (non-hydrogen) atoms. The Morgan fingerprint density at radius 3 is 2.78 bits per heavy atom. The molecule has 0 saturated carbocycles. The number of fused-ring (bicyclic) bond motifs is 1. The number of carbonyl (C=O) groups excluding carboxylic acids is 2. The fourth-order valence-electron chi connectivity index (χ4n) is 3.91. The Bertz CT molecular complexity index is 899. The molecule has 6 heteroatoms. The molecule has 4 rings (SSSR count). The average Bonchev–Trinajstić information content (AvgIpc) is 3.25. The molecule has 2 aromatic rings. The number of carbonyl (C=O) groups is 2. The van der Waals surface area contributed by atoms with E-state index in [1.807, 2.05) is 36.4 Å². The maximum absolute atomic E-state index is 12.8. The third kappa shape index (κ3) is 3.34. The summed E-state index contributed by atoms with van der Waals surface area (Å²) < 4.78 is 0.859. The van der Waals surface area contributed by atoms with Gasteiger partial charge in [-0.05, 0) is 65.5 Å². The van der Waals surface area contributed by atoms with Gasteiger partial charge in [-0.25, -0.2) is 0 Å². The number of anilines is 3. The molecule has 0 spiro atoms. The zero-order chi connectivity index (χ0) is 19.0. The minimum absolute atomic E-state index is 0.143. The molecular weight excluding hydrogens is 406 g/mol. The molecule has 1 N–H and O–H groups in total. The third-order valence-electron chi connectivity index (χ3n) is 5.39. The van der Waals surface area contributed by atoms with Crippen molar-refractivity contribution >= 4 is 44.8 Å². The number of nitrogens with zero attached hydrogens (tertiary/aromatic N) is 2. The molecule has 1 fully saturated rings. The molecule has 0 aliphatic carbocycles. The number of hydrogen-bond acceptors (Lipinski definition) is 3. The number of hydrogen-bond donors (Lipinski definition) is 1.